The summed E-state index contributed by atoms with van der Waals surface area (Å²) in [5, 5.41) is 7.65. The molecule has 0 saturated heterocycles. The van der Waals surface area contributed by atoms with E-state index in [1.807, 2.05) is 47.1 Å². The summed E-state index contributed by atoms with van der Waals surface area (Å²) in [6.45, 7) is 7.83. The molecule has 38 heavy (non-hydrogen) atoms. The standard InChI is InChI=1S/C31H34N4O3/c1-5-6-18-38-25-16-14-23(15-17-25)28-27-29(34(19-21(2)3)31(37)33(4)30(27)36)32-35(28)20-24-12-9-11-22-10-7-8-13-26(22)24/h7-17,21H,5-6,18-20H2,1-4H3. The van der Waals surface area contributed by atoms with Crippen LogP contribution in [0.5, 0.6) is 5.75 Å². The number of nitrogens with zero attached hydrogens (tertiary/aromatic N) is 4. The Morgan fingerprint density at radius 1 is 0.947 bits per heavy atom. The molecule has 0 spiro atoms. The van der Waals surface area contributed by atoms with Crippen molar-refractivity contribution in [3.05, 3.63) is 93.1 Å². The highest BCUT2D eigenvalue weighted by Gasteiger charge is 2.23. The van der Waals surface area contributed by atoms with Gasteiger partial charge in [0.1, 0.15) is 11.1 Å². The third kappa shape index (κ3) is 4.76. The van der Waals surface area contributed by atoms with E-state index in [4.69, 9.17) is 9.84 Å². The van der Waals surface area contributed by atoms with E-state index in [2.05, 4.69) is 45.0 Å². The minimum Gasteiger partial charge on any atom is -0.494 e. The largest absolute Gasteiger partial charge is 0.494 e. The Morgan fingerprint density at radius 2 is 1.68 bits per heavy atom. The zero-order valence-corrected chi connectivity index (χ0v) is 22.5. The summed E-state index contributed by atoms with van der Waals surface area (Å²) in [5.41, 5.74) is 2.37. The molecule has 0 unspecified atom stereocenters. The maximum Gasteiger partial charge on any atom is 0.332 e. The molecule has 3 aromatic carbocycles. The lowest BCUT2D eigenvalue weighted by atomic mass is 10.0. The van der Waals surface area contributed by atoms with Crippen LogP contribution in [0.2, 0.25) is 0 Å². The van der Waals surface area contributed by atoms with Crippen molar-refractivity contribution in [3.8, 4) is 17.0 Å². The second kappa shape index (κ2) is 10.7. The molecule has 0 radical (unpaired) electrons. The molecule has 0 N–H and O–H groups in total. The molecule has 196 valence electrons. The summed E-state index contributed by atoms with van der Waals surface area (Å²) in [5.74, 6) is 0.996. The van der Waals surface area contributed by atoms with Gasteiger partial charge in [-0.2, -0.15) is 5.10 Å². The van der Waals surface area contributed by atoms with Crippen LogP contribution in [0.4, 0.5) is 0 Å². The maximum atomic E-state index is 13.6. The van der Waals surface area contributed by atoms with Crippen molar-refractivity contribution in [3.63, 3.8) is 0 Å². The van der Waals surface area contributed by atoms with E-state index in [1.165, 1.54) is 11.6 Å². The molecule has 0 bridgehead atoms. The minimum atomic E-state index is -0.350. The van der Waals surface area contributed by atoms with Crippen LogP contribution >= 0.6 is 0 Å². The monoisotopic (exact) mass is 510 g/mol. The van der Waals surface area contributed by atoms with Crippen LogP contribution in [0.3, 0.4) is 0 Å². The minimum absolute atomic E-state index is 0.208. The van der Waals surface area contributed by atoms with Crippen molar-refractivity contribution in [2.75, 3.05) is 6.61 Å². The van der Waals surface area contributed by atoms with Crippen LogP contribution in [0.15, 0.2) is 76.3 Å². The first-order valence-corrected chi connectivity index (χ1v) is 13.3. The molecule has 7 nitrogen and oxygen atoms in total. The number of aromatic nitrogens is 4. The van der Waals surface area contributed by atoms with Gasteiger partial charge in [0.25, 0.3) is 5.56 Å². The Bertz CT molecular complexity index is 1700. The number of hydrogen-bond acceptors (Lipinski definition) is 4. The van der Waals surface area contributed by atoms with Crippen LogP contribution in [0, 0.1) is 5.92 Å². The molecular formula is C31H34N4O3. The van der Waals surface area contributed by atoms with E-state index in [0.29, 0.717) is 36.4 Å². The molecule has 0 saturated carbocycles. The summed E-state index contributed by atoms with van der Waals surface area (Å²) in [4.78, 5) is 26.7. The molecule has 0 aliphatic carbocycles. The Labute approximate surface area is 221 Å². The number of fused-ring (bicyclic) bond motifs is 2. The third-order valence-corrected chi connectivity index (χ3v) is 6.87. The fourth-order valence-electron chi connectivity index (χ4n) is 4.93. The molecule has 0 fully saturated rings. The van der Waals surface area contributed by atoms with Crippen LogP contribution in [-0.4, -0.2) is 25.5 Å². The average Bonchev–Trinajstić information content (AvgIpc) is 3.29. The zero-order valence-electron chi connectivity index (χ0n) is 22.5. The zero-order chi connectivity index (χ0) is 26.8. The van der Waals surface area contributed by atoms with E-state index < -0.39 is 0 Å². The van der Waals surface area contributed by atoms with Crippen LogP contribution < -0.4 is 16.0 Å². The van der Waals surface area contributed by atoms with Gasteiger partial charge in [-0.05, 0) is 52.9 Å². The van der Waals surface area contributed by atoms with Gasteiger partial charge in [-0.3, -0.25) is 18.6 Å². The first-order valence-electron chi connectivity index (χ1n) is 13.3. The quantitative estimate of drug-likeness (QED) is 0.242. The van der Waals surface area contributed by atoms with Gasteiger partial charge in [0, 0.05) is 19.2 Å². The van der Waals surface area contributed by atoms with Crippen molar-refractivity contribution in [2.24, 2.45) is 13.0 Å². The van der Waals surface area contributed by atoms with Crippen molar-refractivity contribution >= 4 is 21.8 Å². The Morgan fingerprint density at radius 3 is 2.42 bits per heavy atom. The van der Waals surface area contributed by atoms with Crippen LogP contribution in [-0.2, 0) is 20.1 Å². The molecule has 2 aromatic heterocycles. The number of ether oxygens (including phenoxy) is 1. The van der Waals surface area contributed by atoms with Crippen LogP contribution in [0.25, 0.3) is 33.1 Å². The Kier molecular flexibility index (Phi) is 7.18. The maximum absolute atomic E-state index is 13.6. The fourth-order valence-corrected chi connectivity index (χ4v) is 4.93. The van der Waals surface area contributed by atoms with E-state index in [-0.39, 0.29) is 17.2 Å². The lowest BCUT2D eigenvalue weighted by Crippen LogP contribution is -2.38. The van der Waals surface area contributed by atoms with Crippen molar-refractivity contribution < 1.29 is 4.74 Å². The van der Waals surface area contributed by atoms with Gasteiger partial charge in [0.2, 0.25) is 0 Å². The highest BCUT2D eigenvalue weighted by Crippen LogP contribution is 2.30. The number of unbranched alkanes of at least 4 members (excludes halogenated alkanes) is 1. The molecule has 5 rings (SSSR count). The number of benzene rings is 3. The van der Waals surface area contributed by atoms with Crippen LogP contribution in [0.1, 0.15) is 39.2 Å². The van der Waals surface area contributed by atoms with Gasteiger partial charge < -0.3 is 4.74 Å². The van der Waals surface area contributed by atoms with Gasteiger partial charge in [-0.15, -0.1) is 0 Å². The van der Waals surface area contributed by atoms with Gasteiger partial charge in [0.15, 0.2) is 5.65 Å². The summed E-state index contributed by atoms with van der Waals surface area (Å²) in [6.07, 6.45) is 2.06. The van der Waals surface area contributed by atoms with Gasteiger partial charge in [0.05, 0.1) is 18.8 Å². The average molecular weight is 511 g/mol. The Balaban J connectivity index is 1.73. The molecule has 7 heteroatoms. The predicted octanol–water partition coefficient (Wildman–Crippen LogP) is 5.60. The van der Waals surface area contributed by atoms with E-state index in [1.54, 1.807) is 4.57 Å². The molecule has 0 aliphatic heterocycles. The summed E-state index contributed by atoms with van der Waals surface area (Å²) in [7, 11) is 1.54. The highest BCUT2D eigenvalue weighted by atomic mass is 16.5. The molecule has 0 aliphatic rings. The summed E-state index contributed by atoms with van der Waals surface area (Å²) >= 11 is 0. The normalized spacial score (nSPS) is 11.6. The SMILES string of the molecule is CCCCOc1ccc(-c2c3c(=O)n(C)c(=O)n(CC(C)C)c3nn2Cc2cccc3ccccc23)cc1. The molecular weight excluding hydrogens is 476 g/mol. The molecule has 0 atom stereocenters. The predicted molar refractivity (Wildman–Crippen MR) is 153 cm³/mol. The fraction of sp³-hybridized carbons (Fsp3) is 0.323. The summed E-state index contributed by atoms with van der Waals surface area (Å²) in [6, 6.07) is 22.3. The number of rotatable bonds is 9. The molecule has 2 heterocycles. The van der Waals surface area contributed by atoms with E-state index in [0.717, 1.165) is 40.5 Å². The van der Waals surface area contributed by atoms with E-state index in [9.17, 15) is 9.59 Å². The second-order valence-electron chi connectivity index (χ2n) is 10.2. The van der Waals surface area contributed by atoms with Crippen molar-refractivity contribution in [1.29, 1.82) is 0 Å². The number of hydrogen-bond donors (Lipinski definition) is 0. The second-order valence-corrected chi connectivity index (χ2v) is 10.2. The van der Waals surface area contributed by atoms with E-state index >= 15 is 0 Å². The smallest absolute Gasteiger partial charge is 0.332 e. The third-order valence-electron chi connectivity index (χ3n) is 6.87. The van der Waals surface area contributed by atoms with Gasteiger partial charge >= 0.3 is 5.69 Å². The highest BCUT2D eigenvalue weighted by molar-refractivity contribution is 5.91. The van der Waals surface area contributed by atoms with Crippen molar-refractivity contribution in [1.82, 2.24) is 18.9 Å². The molecule has 5 aromatic rings. The first kappa shape index (κ1) is 25.5. The lowest BCUT2D eigenvalue weighted by molar-refractivity contribution is 0.309. The van der Waals surface area contributed by atoms with Gasteiger partial charge in [-0.25, -0.2) is 4.79 Å². The first-order chi connectivity index (χ1) is 18.4. The lowest BCUT2D eigenvalue weighted by Gasteiger charge is -2.12. The van der Waals surface area contributed by atoms with Crippen molar-refractivity contribution in [2.45, 2.75) is 46.7 Å². The molecule has 0 amide bonds. The van der Waals surface area contributed by atoms with Gasteiger partial charge in [-0.1, -0.05) is 69.7 Å². The topological polar surface area (TPSA) is 71.1 Å². The Hall–Kier alpha value is -4.13. The summed E-state index contributed by atoms with van der Waals surface area (Å²) < 4.78 is 10.6.